The van der Waals surface area contributed by atoms with E-state index in [0.717, 1.165) is 0 Å². The molecule has 0 atom stereocenters. The van der Waals surface area contributed by atoms with Crippen LogP contribution in [0, 0.1) is 5.41 Å². The van der Waals surface area contributed by atoms with Gasteiger partial charge in [-0.3, -0.25) is 0 Å². The molecular weight excluding hydrogens is 300 g/mol. The predicted octanol–water partition coefficient (Wildman–Crippen LogP) is 6.70. The lowest BCUT2D eigenvalue weighted by Gasteiger charge is -2.28. The van der Waals surface area contributed by atoms with E-state index in [1.165, 1.54) is 57.8 Å². The molecule has 0 radical (unpaired) electrons. The Morgan fingerprint density at radius 2 is 1.36 bits per heavy atom. The van der Waals surface area contributed by atoms with Gasteiger partial charge in [-0.25, -0.2) is 0 Å². The van der Waals surface area contributed by atoms with Crippen molar-refractivity contribution in [3.8, 4) is 11.1 Å². The maximum atomic E-state index is 2.45. The number of benzene rings is 2. The van der Waals surface area contributed by atoms with E-state index in [2.05, 4.69) is 51.1 Å². The Bertz CT molecular complexity index is 773. The Balaban J connectivity index is 1.93. The Kier molecular flexibility index (Phi) is 4.48. The maximum absolute atomic E-state index is 2.45. The van der Waals surface area contributed by atoms with Crippen molar-refractivity contribution in [2.45, 2.75) is 78.6 Å². The first-order chi connectivity index (χ1) is 12.0. The lowest BCUT2D eigenvalue weighted by Crippen LogP contribution is -2.14. The van der Waals surface area contributed by atoms with Crippen LogP contribution in [-0.4, -0.2) is 0 Å². The lowest BCUT2D eigenvalue weighted by molar-refractivity contribution is 0.411. The van der Waals surface area contributed by atoms with Gasteiger partial charge in [0.1, 0.15) is 0 Å². The third kappa shape index (κ3) is 3.41. The molecule has 0 spiro atoms. The number of rotatable bonds is 2. The molecule has 0 N–H and O–H groups in total. The van der Waals surface area contributed by atoms with Gasteiger partial charge in [0, 0.05) is 0 Å². The minimum atomic E-state index is 0.326. The molecule has 2 aliphatic carbocycles. The van der Waals surface area contributed by atoms with Crippen molar-refractivity contribution in [2.75, 3.05) is 0 Å². The summed E-state index contributed by atoms with van der Waals surface area (Å²) >= 11 is 0. The van der Waals surface area contributed by atoms with E-state index in [4.69, 9.17) is 0 Å². The Morgan fingerprint density at radius 3 is 2.08 bits per heavy atom. The van der Waals surface area contributed by atoms with E-state index < -0.39 is 0 Å². The molecule has 4 rings (SSSR count). The molecule has 2 aromatic carbocycles. The highest BCUT2D eigenvalue weighted by Crippen LogP contribution is 2.40. The Labute approximate surface area is 153 Å². The molecule has 2 aliphatic rings. The van der Waals surface area contributed by atoms with Crippen LogP contribution in [-0.2, 0) is 32.1 Å². The summed E-state index contributed by atoms with van der Waals surface area (Å²) in [5.74, 6) is 0. The molecule has 0 unspecified atom stereocenters. The van der Waals surface area contributed by atoms with Crippen LogP contribution in [0.4, 0.5) is 0 Å². The van der Waals surface area contributed by atoms with Crippen molar-refractivity contribution >= 4 is 0 Å². The van der Waals surface area contributed by atoms with Crippen LogP contribution >= 0.6 is 0 Å². The van der Waals surface area contributed by atoms with Crippen LogP contribution in [0.15, 0.2) is 30.3 Å². The quantitative estimate of drug-likeness (QED) is 0.574. The summed E-state index contributed by atoms with van der Waals surface area (Å²) < 4.78 is 0. The van der Waals surface area contributed by atoms with Crippen molar-refractivity contribution in [3.63, 3.8) is 0 Å². The minimum absolute atomic E-state index is 0.326. The van der Waals surface area contributed by atoms with Gasteiger partial charge < -0.3 is 0 Å². The summed E-state index contributed by atoms with van der Waals surface area (Å²) in [4.78, 5) is 0. The molecule has 0 saturated heterocycles. The van der Waals surface area contributed by atoms with Crippen molar-refractivity contribution in [2.24, 2.45) is 5.41 Å². The summed E-state index contributed by atoms with van der Waals surface area (Å²) in [6, 6.07) is 12.0. The fourth-order valence-electron chi connectivity index (χ4n) is 4.95. The summed E-state index contributed by atoms with van der Waals surface area (Å²) in [6.07, 6.45) is 11.7. The maximum Gasteiger partial charge on any atom is -0.0114 e. The molecule has 0 aromatic heterocycles. The van der Waals surface area contributed by atoms with Crippen molar-refractivity contribution in [1.82, 2.24) is 0 Å². The van der Waals surface area contributed by atoms with Crippen molar-refractivity contribution < 1.29 is 0 Å². The first-order valence-electron chi connectivity index (χ1n) is 10.3. The fraction of sp³-hybridized carbons (Fsp3) is 0.520. The molecule has 0 aliphatic heterocycles. The summed E-state index contributed by atoms with van der Waals surface area (Å²) in [7, 11) is 0. The topological polar surface area (TPSA) is 0 Å². The Morgan fingerprint density at radius 1 is 0.720 bits per heavy atom. The van der Waals surface area contributed by atoms with E-state index in [1.807, 2.05) is 0 Å². The average molecular weight is 333 g/mol. The van der Waals surface area contributed by atoms with Crippen LogP contribution in [0.25, 0.3) is 11.1 Å². The number of aryl methyl sites for hydroxylation is 2. The van der Waals surface area contributed by atoms with Gasteiger partial charge in [-0.05, 0) is 102 Å². The van der Waals surface area contributed by atoms with Gasteiger partial charge in [0.15, 0.2) is 0 Å². The minimum Gasteiger partial charge on any atom is -0.0614 e. The predicted molar refractivity (Wildman–Crippen MR) is 108 cm³/mol. The normalized spacial score (nSPS) is 17.1. The van der Waals surface area contributed by atoms with Gasteiger partial charge in [0.05, 0.1) is 0 Å². The first kappa shape index (κ1) is 16.9. The number of fused-ring (bicyclic) bond motifs is 2. The van der Waals surface area contributed by atoms with Crippen LogP contribution in [0.1, 0.15) is 74.3 Å². The van der Waals surface area contributed by atoms with Gasteiger partial charge in [0.25, 0.3) is 0 Å². The van der Waals surface area contributed by atoms with Crippen LogP contribution in [0.2, 0.25) is 0 Å². The van der Waals surface area contributed by atoms with Crippen LogP contribution < -0.4 is 0 Å². The van der Waals surface area contributed by atoms with Crippen LogP contribution in [0.5, 0.6) is 0 Å². The molecule has 0 heterocycles. The molecule has 25 heavy (non-hydrogen) atoms. The number of hydrogen-bond donors (Lipinski definition) is 0. The first-order valence-corrected chi connectivity index (χ1v) is 10.3. The van der Waals surface area contributed by atoms with Crippen LogP contribution in [0.3, 0.4) is 0 Å². The third-order valence-corrected chi connectivity index (χ3v) is 6.01. The summed E-state index contributed by atoms with van der Waals surface area (Å²) in [5.41, 5.74) is 11.6. The molecule has 2 aromatic rings. The monoisotopic (exact) mass is 332 g/mol. The average Bonchev–Trinajstić information content (AvgIpc) is 2.60. The second-order valence-electron chi connectivity index (χ2n) is 9.33. The molecule has 0 bridgehead atoms. The van der Waals surface area contributed by atoms with E-state index in [9.17, 15) is 0 Å². The smallest absolute Gasteiger partial charge is 0.0114 e. The highest BCUT2D eigenvalue weighted by molar-refractivity contribution is 5.77. The molecular formula is C25H32. The van der Waals surface area contributed by atoms with E-state index in [1.54, 1.807) is 38.9 Å². The SMILES string of the molecule is CC(C)(C)Cc1ccc2c(c1-c1cccc3c1CCCC3)CCCC2. The standard InChI is InChI=1S/C25H32/c1-25(2,3)17-20-16-15-19-10-5-7-13-22(19)24(20)23-14-8-11-18-9-4-6-12-21(18)23/h8,11,14-16H,4-7,9-10,12-13,17H2,1-3H3. The highest BCUT2D eigenvalue weighted by atomic mass is 14.3. The van der Waals surface area contributed by atoms with E-state index in [0.29, 0.717) is 5.41 Å². The van der Waals surface area contributed by atoms with Gasteiger partial charge in [-0.2, -0.15) is 0 Å². The van der Waals surface area contributed by atoms with Gasteiger partial charge >= 0.3 is 0 Å². The van der Waals surface area contributed by atoms with Gasteiger partial charge in [-0.1, -0.05) is 51.1 Å². The third-order valence-electron chi connectivity index (χ3n) is 6.01. The van der Waals surface area contributed by atoms with E-state index in [-0.39, 0.29) is 0 Å². The van der Waals surface area contributed by atoms with Crippen molar-refractivity contribution in [3.05, 3.63) is 58.1 Å². The molecule has 0 fully saturated rings. The largest absolute Gasteiger partial charge is 0.0614 e. The molecule has 0 saturated carbocycles. The zero-order valence-electron chi connectivity index (χ0n) is 16.3. The van der Waals surface area contributed by atoms with E-state index >= 15 is 0 Å². The second kappa shape index (κ2) is 6.63. The fourth-order valence-corrected chi connectivity index (χ4v) is 4.95. The molecule has 132 valence electrons. The van der Waals surface area contributed by atoms with Gasteiger partial charge in [0.2, 0.25) is 0 Å². The molecule has 0 nitrogen and oxygen atoms in total. The zero-order valence-corrected chi connectivity index (χ0v) is 16.3. The summed E-state index contributed by atoms with van der Waals surface area (Å²) in [5, 5.41) is 0. The summed E-state index contributed by atoms with van der Waals surface area (Å²) in [6.45, 7) is 7.12. The Hall–Kier alpha value is -1.56. The molecule has 0 amide bonds. The second-order valence-corrected chi connectivity index (χ2v) is 9.33. The zero-order chi connectivity index (χ0) is 17.4. The number of hydrogen-bond acceptors (Lipinski definition) is 0. The lowest BCUT2D eigenvalue weighted by atomic mass is 9.76. The highest BCUT2D eigenvalue weighted by Gasteiger charge is 2.24. The van der Waals surface area contributed by atoms with Crippen molar-refractivity contribution in [1.29, 1.82) is 0 Å². The molecule has 0 heteroatoms. The van der Waals surface area contributed by atoms with Gasteiger partial charge in [-0.15, -0.1) is 0 Å².